The zero-order valence-corrected chi connectivity index (χ0v) is 9.31. The van der Waals surface area contributed by atoms with Crippen LogP contribution in [0.2, 0.25) is 0 Å². The summed E-state index contributed by atoms with van der Waals surface area (Å²) in [5.74, 6) is 0.926. The normalized spacial score (nSPS) is 23.4. The molecule has 1 atom stereocenters. The molecule has 0 aromatic rings. The number of carbonyl (C=O) groups excluding carboxylic acids is 1. The fourth-order valence-corrected chi connectivity index (χ4v) is 1.76. The lowest BCUT2D eigenvalue weighted by Crippen LogP contribution is -2.40. The average molecular weight is 198 g/mol. The minimum Gasteiger partial charge on any atom is -0.355 e. The molecule has 0 aromatic carbocycles. The van der Waals surface area contributed by atoms with E-state index in [0.29, 0.717) is 0 Å². The molecule has 1 amide bonds. The maximum Gasteiger partial charge on any atom is 0.237 e. The van der Waals surface area contributed by atoms with Gasteiger partial charge in [-0.1, -0.05) is 26.7 Å². The van der Waals surface area contributed by atoms with Gasteiger partial charge in [-0.15, -0.1) is 0 Å². The number of hydrogen-bond acceptors (Lipinski definition) is 2. The largest absolute Gasteiger partial charge is 0.355 e. The van der Waals surface area contributed by atoms with Gasteiger partial charge in [0.1, 0.15) is 0 Å². The third kappa shape index (κ3) is 4.09. The Labute approximate surface area is 86.6 Å². The Bertz CT molecular complexity index is 180. The molecule has 1 rings (SSSR count). The van der Waals surface area contributed by atoms with Crippen LogP contribution in [-0.2, 0) is 4.79 Å². The Morgan fingerprint density at radius 1 is 1.43 bits per heavy atom. The zero-order valence-electron chi connectivity index (χ0n) is 9.31. The van der Waals surface area contributed by atoms with Crippen LogP contribution in [0, 0.1) is 5.92 Å². The molecule has 1 heterocycles. The molecular weight excluding hydrogens is 176 g/mol. The fraction of sp³-hybridized carbons (Fsp3) is 0.909. The summed E-state index contributed by atoms with van der Waals surface area (Å²) >= 11 is 0. The second-order valence-electron chi connectivity index (χ2n) is 4.48. The first-order valence-electron chi connectivity index (χ1n) is 5.71. The first kappa shape index (κ1) is 11.5. The highest BCUT2D eigenvalue weighted by Gasteiger charge is 2.18. The topological polar surface area (TPSA) is 41.1 Å². The van der Waals surface area contributed by atoms with Gasteiger partial charge >= 0.3 is 0 Å². The Kier molecular flexibility index (Phi) is 4.94. The van der Waals surface area contributed by atoms with Crippen molar-refractivity contribution in [3.05, 3.63) is 0 Å². The maximum atomic E-state index is 11.5. The van der Waals surface area contributed by atoms with E-state index in [2.05, 4.69) is 24.5 Å². The van der Waals surface area contributed by atoms with Gasteiger partial charge in [-0.25, -0.2) is 0 Å². The number of rotatable bonds is 4. The molecule has 3 heteroatoms. The van der Waals surface area contributed by atoms with Crippen LogP contribution in [0.5, 0.6) is 0 Å². The van der Waals surface area contributed by atoms with E-state index in [4.69, 9.17) is 0 Å². The van der Waals surface area contributed by atoms with Gasteiger partial charge in [-0.05, 0) is 25.3 Å². The maximum absolute atomic E-state index is 11.5. The van der Waals surface area contributed by atoms with Crippen LogP contribution < -0.4 is 10.6 Å². The van der Waals surface area contributed by atoms with Crippen molar-refractivity contribution in [2.75, 3.05) is 13.1 Å². The van der Waals surface area contributed by atoms with Gasteiger partial charge in [-0.2, -0.15) is 0 Å². The molecule has 0 aromatic heterocycles. The highest BCUT2D eigenvalue weighted by atomic mass is 16.2. The molecule has 0 bridgehead atoms. The molecule has 2 N–H and O–H groups in total. The minimum atomic E-state index is 0.0521. The van der Waals surface area contributed by atoms with Crippen LogP contribution >= 0.6 is 0 Å². The quantitative estimate of drug-likeness (QED) is 0.714. The van der Waals surface area contributed by atoms with Crippen LogP contribution in [0.25, 0.3) is 0 Å². The molecule has 1 aliphatic rings. The first-order valence-corrected chi connectivity index (χ1v) is 5.71. The molecule has 14 heavy (non-hydrogen) atoms. The van der Waals surface area contributed by atoms with E-state index < -0.39 is 0 Å². The van der Waals surface area contributed by atoms with E-state index in [9.17, 15) is 4.79 Å². The van der Waals surface area contributed by atoms with Gasteiger partial charge in [0.15, 0.2) is 0 Å². The Hall–Kier alpha value is -0.570. The summed E-state index contributed by atoms with van der Waals surface area (Å²) in [7, 11) is 0. The van der Waals surface area contributed by atoms with Crippen LogP contribution in [-0.4, -0.2) is 25.0 Å². The van der Waals surface area contributed by atoms with E-state index in [1.54, 1.807) is 0 Å². The van der Waals surface area contributed by atoms with E-state index in [1.807, 2.05) is 0 Å². The van der Waals surface area contributed by atoms with Crippen molar-refractivity contribution < 1.29 is 4.79 Å². The van der Waals surface area contributed by atoms with Gasteiger partial charge in [0.2, 0.25) is 5.91 Å². The number of nitrogens with one attached hydrogen (secondary N) is 2. The Morgan fingerprint density at radius 2 is 2.21 bits per heavy atom. The number of hydrogen-bond donors (Lipinski definition) is 2. The predicted octanol–water partition coefficient (Wildman–Crippen LogP) is 1.29. The van der Waals surface area contributed by atoms with Crippen molar-refractivity contribution in [2.24, 2.45) is 5.92 Å². The Balaban J connectivity index is 2.23. The minimum absolute atomic E-state index is 0.0521. The molecule has 0 saturated carbocycles. The van der Waals surface area contributed by atoms with Gasteiger partial charge in [0, 0.05) is 6.54 Å². The van der Waals surface area contributed by atoms with Gasteiger partial charge in [-0.3, -0.25) is 4.79 Å². The van der Waals surface area contributed by atoms with Crippen molar-refractivity contribution in [3.63, 3.8) is 0 Å². The smallest absolute Gasteiger partial charge is 0.237 e. The zero-order chi connectivity index (χ0) is 10.4. The van der Waals surface area contributed by atoms with Crippen molar-refractivity contribution in [1.29, 1.82) is 0 Å². The van der Waals surface area contributed by atoms with E-state index in [0.717, 1.165) is 38.3 Å². The fourth-order valence-electron chi connectivity index (χ4n) is 1.76. The number of carbonyl (C=O) groups is 1. The lowest BCUT2D eigenvalue weighted by molar-refractivity contribution is -0.122. The molecule has 1 fully saturated rings. The summed E-state index contributed by atoms with van der Waals surface area (Å²) in [5.41, 5.74) is 0. The third-order valence-electron chi connectivity index (χ3n) is 2.63. The molecule has 3 nitrogen and oxygen atoms in total. The van der Waals surface area contributed by atoms with Crippen molar-refractivity contribution in [2.45, 2.75) is 45.6 Å². The van der Waals surface area contributed by atoms with Gasteiger partial charge < -0.3 is 10.6 Å². The summed E-state index contributed by atoms with van der Waals surface area (Å²) in [6.45, 7) is 6.23. The van der Waals surface area contributed by atoms with E-state index in [-0.39, 0.29) is 11.9 Å². The van der Waals surface area contributed by atoms with E-state index >= 15 is 0 Å². The lowest BCUT2D eigenvalue weighted by atomic mass is 10.0. The summed E-state index contributed by atoms with van der Waals surface area (Å²) < 4.78 is 0. The summed E-state index contributed by atoms with van der Waals surface area (Å²) in [6.07, 6.45) is 4.38. The van der Waals surface area contributed by atoms with Crippen molar-refractivity contribution in [3.8, 4) is 0 Å². The lowest BCUT2D eigenvalue weighted by Gasteiger charge is -2.14. The highest BCUT2D eigenvalue weighted by molar-refractivity contribution is 5.81. The first-order chi connectivity index (χ1) is 6.70. The second kappa shape index (κ2) is 6.02. The van der Waals surface area contributed by atoms with Gasteiger partial charge in [0.05, 0.1) is 6.04 Å². The molecule has 1 saturated heterocycles. The number of amides is 1. The monoisotopic (exact) mass is 198 g/mol. The highest BCUT2D eigenvalue weighted by Crippen LogP contribution is 2.09. The molecule has 0 radical (unpaired) electrons. The SMILES string of the molecule is CC(C)CCCC1NCCCNC1=O. The summed E-state index contributed by atoms with van der Waals surface area (Å²) in [6, 6.07) is 0.0521. The van der Waals surface area contributed by atoms with Crippen LogP contribution in [0.3, 0.4) is 0 Å². The standard InChI is InChI=1S/C11H22N2O/c1-9(2)5-3-6-10-11(14)13-8-4-7-12-10/h9-10,12H,3-8H2,1-2H3,(H,13,14). The van der Waals surface area contributed by atoms with Gasteiger partial charge in [0.25, 0.3) is 0 Å². The molecule has 0 spiro atoms. The molecule has 1 aliphatic heterocycles. The molecule has 82 valence electrons. The second-order valence-corrected chi connectivity index (χ2v) is 4.48. The van der Waals surface area contributed by atoms with Crippen molar-refractivity contribution >= 4 is 5.91 Å². The van der Waals surface area contributed by atoms with Crippen molar-refractivity contribution in [1.82, 2.24) is 10.6 Å². The summed E-state index contributed by atoms with van der Waals surface area (Å²) in [5, 5.41) is 6.22. The average Bonchev–Trinajstić information content (AvgIpc) is 2.31. The molecule has 0 aliphatic carbocycles. The third-order valence-corrected chi connectivity index (χ3v) is 2.63. The van der Waals surface area contributed by atoms with Crippen LogP contribution in [0.15, 0.2) is 0 Å². The summed E-state index contributed by atoms with van der Waals surface area (Å²) in [4.78, 5) is 11.5. The van der Waals surface area contributed by atoms with Crippen LogP contribution in [0.4, 0.5) is 0 Å². The molecule has 1 unspecified atom stereocenters. The molecular formula is C11H22N2O. The Morgan fingerprint density at radius 3 is 2.93 bits per heavy atom. The van der Waals surface area contributed by atoms with Crippen LogP contribution in [0.1, 0.15) is 39.5 Å². The van der Waals surface area contributed by atoms with E-state index in [1.165, 1.54) is 6.42 Å². The predicted molar refractivity (Wildman–Crippen MR) is 58.1 cm³/mol.